The normalized spacial score (nSPS) is 11.8. The number of nitrogens with zero attached hydrogens (tertiary/aromatic N) is 2. The predicted molar refractivity (Wildman–Crippen MR) is 62.1 cm³/mol. The highest BCUT2D eigenvalue weighted by Crippen LogP contribution is 2.34. The highest BCUT2D eigenvalue weighted by molar-refractivity contribution is 5.55. The summed E-state index contributed by atoms with van der Waals surface area (Å²) < 4.78 is 56.4. The van der Waals surface area contributed by atoms with Crippen molar-refractivity contribution >= 4 is 0 Å². The fourth-order valence-corrected chi connectivity index (χ4v) is 1.64. The molecule has 1 heterocycles. The zero-order chi connectivity index (χ0) is 14.8. The Kier molecular flexibility index (Phi) is 4.03. The van der Waals surface area contributed by atoms with Crippen LogP contribution >= 0.6 is 0 Å². The molecule has 0 amide bonds. The molecule has 8 heteroatoms. The Balaban J connectivity index is 2.36. The van der Waals surface area contributed by atoms with E-state index >= 15 is 0 Å². The lowest BCUT2D eigenvalue weighted by molar-refractivity contribution is -0.139. The molecule has 1 aromatic heterocycles. The summed E-state index contributed by atoms with van der Waals surface area (Å²) in [4.78, 5) is 3.86. The summed E-state index contributed by atoms with van der Waals surface area (Å²) in [5.74, 6) is -1.42. The minimum atomic E-state index is -4.78. The molecule has 0 aliphatic carbocycles. The molecule has 1 aromatic carbocycles. The molecule has 108 valence electrons. The lowest BCUT2D eigenvalue weighted by atomic mass is 10.1. The molecule has 20 heavy (non-hydrogen) atoms. The van der Waals surface area contributed by atoms with E-state index in [1.807, 2.05) is 0 Å². The molecule has 4 nitrogen and oxygen atoms in total. The van der Waals surface area contributed by atoms with Gasteiger partial charge in [-0.15, -0.1) is 0 Å². The van der Waals surface area contributed by atoms with Crippen molar-refractivity contribution in [2.75, 3.05) is 6.54 Å². The quantitative estimate of drug-likeness (QED) is 0.879. The summed E-state index contributed by atoms with van der Waals surface area (Å²) >= 11 is 0. The van der Waals surface area contributed by atoms with Gasteiger partial charge in [-0.1, -0.05) is 11.2 Å². The molecular weight excluding hydrogens is 278 g/mol. The van der Waals surface area contributed by atoms with Crippen LogP contribution in [0.4, 0.5) is 17.6 Å². The molecule has 2 N–H and O–H groups in total. The van der Waals surface area contributed by atoms with E-state index in [4.69, 9.17) is 10.3 Å². The first-order valence-electron chi connectivity index (χ1n) is 5.82. The Morgan fingerprint density at radius 2 is 2.00 bits per heavy atom. The molecule has 0 aliphatic heterocycles. The number of nitrogens with two attached hydrogens (primary N) is 1. The van der Waals surface area contributed by atoms with Crippen LogP contribution in [-0.4, -0.2) is 16.7 Å². The van der Waals surface area contributed by atoms with Crippen molar-refractivity contribution in [3.63, 3.8) is 0 Å². The van der Waals surface area contributed by atoms with Crippen molar-refractivity contribution in [2.24, 2.45) is 5.73 Å². The second kappa shape index (κ2) is 5.58. The number of halogens is 4. The average molecular weight is 289 g/mol. The molecule has 0 atom stereocenters. The molecule has 0 saturated carbocycles. The summed E-state index contributed by atoms with van der Waals surface area (Å²) in [5, 5.41) is 3.57. The second-order valence-electron chi connectivity index (χ2n) is 4.07. The molecule has 0 aliphatic rings. The SMILES string of the molecule is NCCCc1noc(-c2cccc(C(F)(F)F)c2F)n1. The molecule has 0 unspecified atom stereocenters. The standard InChI is InChI=1S/C12H11F4N3O/c13-10-7(3-1-4-8(10)12(14,15)16)11-18-9(19-20-11)5-2-6-17/h1,3-4H,2,5-6,17H2. The number of benzene rings is 1. The third-order valence-electron chi connectivity index (χ3n) is 2.61. The van der Waals surface area contributed by atoms with Crippen molar-refractivity contribution < 1.29 is 22.1 Å². The first-order valence-corrected chi connectivity index (χ1v) is 5.82. The lowest BCUT2D eigenvalue weighted by Crippen LogP contribution is -2.08. The zero-order valence-electron chi connectivity index (χ0n) is 10.2. The maximum atomic E-state index is 13.8. The smallest absolute Gasteiger partial charge is 0.334 e. The Morgan fingerprint density at radius 3 is 2.65 bits per heavy atom. The van der Waals surface area contributed by atoms with Crippen LogP contribution in [0.1, 0.15) is 17.8 Å². The number of aryl methyl sites for hydroxylation is 1. The molecular formula is C12H11F4N3O. The summed E-state index contributed by atoms with van der Waals surface area (Å²) in [5.41, 5.74) is 3.58. The van der Waals surface area contributed by atoms with E-state index in [-0.39, 0.29) is 17.3 Å². The molecule has 0 spiro atoms. The van der Waals surface area contributed by atoms with Crippen LogP contribution in [0.3, 0.4) is 0 Å². The van der Waals surface area contributed by atoms with Gasteiger partial charge in [0.2, 0.25) is 0 Å². The summed E-state index contributed by atoms with van der Waals surface area (Å²) in [6.07, 6.45) is -3.76. The average Bonchev–Trinajstić information content (AvgIpc) is 2.83. The Morgan fingerprint density at radius 1 is 1.25 bits per heavy atom. The summed E-state index contributed by atoms with van der Waals surface area (Å²) in [6.45, 7) is 0.418. The van der Waals surface area contributed by atoms with Crippen molar-refractivity contribution in [2.45, 2.75) is 19.0 Å². The van der Waals surface area contributed by atoms with Gasteiger partial charge in [0.25, 0.3) is 5.89 Å². The van der Waals surface area contributed by atoms with E-state index in [2.05, 4.69) is 10.1 Å². The zero-order valence-corrected chi connectivity index (χ0v) is 10.2. The van der Waals surface area contributed by atoms with Gasteiger partial charge in [-0.2, -0.15) is 18.2 Å². The lowest BCUT2D eigenvalue weighted by Gasteiger charge is -2.08. The fraction of sp³-hybridized carbons (Fsp3) is 0.333. The molecule has 0 saturated heterocycles. The van der Waals surface area contributed by atoms with Crippen molar-refractivity contribution in [3.8, 4) is 11.5 Å². The molecule has 2 rings (SSSR count). The Bertz CT molecular complexity index is 595. The molecule has 0 fully saturated rings. The van der Waals surface area contributed by atoms with E-state index in [1.54, 1.807) is 0 Å². The monoisotopic (exact) mass is 289 g/mol. The van der Waals surface area contributed by atoms with E-state index in [0.29, 0.717) is 25.5 Å². The Labute approximate surface area is 111 Å². The van der Waals surface area contributed by atoms with Crippen LogP contribution in [0.15, 0.2) is 22.7 Å². The Hall–Kier alpha value is -1.96. The van der Waals surface area contributed by atoms with E-state index in [9.17, 15) is 17.6 Å². The highest BCUT2D eigenvalue weighted by atomic mass is 19.4. The highest BCUT2D eigenvalue weighted by Gasteiger charge is 2.35. The van der Waals surface area contributed by atoms with Gasteiger partial charge >= 0.3 is 6.18 Å². The van der Waals surface area contributed by atoms with Crippen LogP contribution in [0.25, 0.3) is 11.5 Å². The molecule has 0 radical (unpaired) electrons. The van der Waals surface area contributed by atoms with Crippen molar-refractivity contribution in [3.05, 3.63) is 35.4 Å². The van der Waals surface area contributed by atoms with Gasteiger partial charge in [0, 0.05) is 6.42 Å². The number of alkyl halides is 3. The van der Waals surface area contributed by atoms with Gasteiger partial charge in [-0.3, -0.25) is 0 Å². The second-order valence-corrected chi connectivity index (χ2v) is 4.07. The topological polar surface area (TPSA) is 64.9 Å². The maximum absolute atomic E-state index is 13.8. The first kappa shape index (κ1) is 14.4. The van der Waals surface area contributed by atoms with Crippen LogP contribution in [-0.2, 0) is 12.6 Å². The maximum Gasteiger partial charge on any atom is 0.419 e. The minimum absolute atomic E-state index is 0.277. The first-order chi connectivity index (χ1) is 9.43. The van der Waals surface area contributed by atoms with E-state index < -0.39 is 17.6 Å². The van der Waals surface area contributed by atoms with Gasteiger partial charge in [-0.05, 0) is 25.1 Å². The number of rotatable bonds is 4. The van der Waals surface area contributed by atoms with Gasteiger partial charge in [0.05, 0.1) is 11.1 Å². The van der Waals surface area contributed by atoms with E-state index in [1.165, 1.54) is 0 Å². The number of hydrogen-bond acceptors (Lipinski definition) is 4. The van der Waals surface area contributed by atoms with Gasteiger partial charge in [0.15, 0.2) is 5.82 Å². The summed E-state index contributed by atoms with van der Waals surface area (Å²) in [7, 11) is 0. The van der Waals surface area contributed by atoms with Crippen LogP contribution in [0.5, 0.6) is 0 Å². The van der Waals surface area contributed by atoms with Crippen LogP contribution < -0.4 is 5.73 Å². The van der Waals surface area contributed by atoms with Gasteiger partial charge in [-0.25, -0.2) is 4.39 Å². The predicted octanol–water partition coefficient (Wildman–Crippen LogP) is 2.79. The largest absolute Gasteiger partial charge is 0.419 e. The van der Waals surface area contributed by atoms with Crippen molar-refractivity contribution in [1.82, 2.24) is 10.1 Å². The van der Waals surface area contributed by atoms with Crippen LogP contribution in [0, 0.1) is 5.82 Å². The van der Waals surface area contributed by atoms with Gasteiger partial charge < -0.3 is 10.3 Å². The van der Waals surface area contributed by atoms with Gasteiger partial charge in [0.1, 0.15) is 5.82 Å². The molecule has 2 aromatic rings. The summed E-state index contributed by atoms with van der Waals surface area (Å²) in [6, 6.07) is 2.90. The van der Waals surface area contributed by atoms with Crippen LogP contribution in [0.2, 0.25) is 0 Å². The minimum Gasteiger partial charge on any atom is -0.334 e. The molecule has 0 bridgehead atoms. The third-order valence-corrected chi connectivity index (χ3v) is 2.61. The fourth-order valence-electron chi connectivity index (χ4n) is 1.64. The number of aromatic nitrogens is 2. The third kappa shape index (κ3) is 2.96. The van der Waals surface area contributed by atoms with Crippen molar-refractivity contribution in [1.29, 1.82) is 0 Å². The van der Waals surface area contributed by atoms with E-state index in [0.717, 1.165) is 12.1 Å². The number of hydrogen-bond donors (Lipinski definition) is 1.